The molecule has 0 radical (unpaired) electrons. The van der Waals surface area contributed by atoms with Crippen LogP contribution < -0.4 is 0 Å². The van der Waals surface area contributed by atoms with Gasteiger partial charge in [0.2, 0.25) is 0 Å². The Morgan fingerprint density at radius 1 is 0.852 bits per heavy atom. The third kappa shape index (κ3) is 5.45. The third-order valence-electron chi connectivity index (χ3n) is 5.40. The Kier molecular flexibility index (Phi) is 7.10. The Bertz CT molecular complexity index is 616. The monoisotopic (exact) mass is 373 g/mol. The predicted molar refractivity (Wildman–Crippen MR) is 105 cm³/mol. The number of nitrogens with zero attached hydrogens (tertiary/aromatic N) is 3. The molecule has 6 nitrogen and oxygen atoms in total. The lowest BCUT2D eigenvalue weighted by atomic mass is 10.1. The first kappa shape index (κ1) is 19.7. The van der Waals surface area contributed by atoms with Crippen molar-refractivity contribution in [2.45, 2.75) is 39.2 Å². The summed E-state index contributed by atoms with van der Waals surface area (Å²) in [5.41, 5.74) is 1.99. The van der Waals surface area contributed by atoms with Crippen molar-refractivity contribution in [1.29, 1.82) is 0 Å². The van der Waals surface area contributed by atoms with E-state index in [0.717, 1.165) is 12.1 Å². The van der Waals surface area contributed by atoms with Crippen LogP contribution in [0.2, 0.25) is 0 Å². The predicted octanol–water partition coefficient (Wildman–Crippen LogP) is 2.98. The summed E-state index contributed by atoms with van der Waals surface area (Å²) in [6.45, 7) is 7.63. The van der Waals surface area contributed by atoms with E-state index in [1.807, 2.05) is 17.0 Å². The van der Waals surface area contributed by atoms with E-state index >= 15 is 0 Å². The van der Waals surface area contributed by atoms with Crippen molar-refractivity contribution in [1.82, 2.24) is 14.7 Å². The lowest BCUT2D eigenvalue weighted by molar-refractivity contribution is 0.0570. The number of piperazine rings is 1. The van der Waals surface area contributed by atoms with Crippen LogP contribution in [-0.4, -0.2) is 72.6 Å². The van der Waals surface area contributed by atoms with Crippen LogP contribution in [0.15, 0.2) is 24.3 Å². The lowest BCUT2D eigenvalue weighted by Gasteiger charge is -2.34. The zero-order valence-corrected chi connectivity index (χ0v) is 16.4. The van der Waals surface area contributed by atoms with Gasteiger partial charge in [0.25, 0.3) is 5.91 Å². The Morgan fingerprint density at radius 3 is 2.04 bits per heavy atom. The van der Waals surface area contributed by atoms with Crippen LogP contribution in [0, 0.1) is 0 Å². The van der Waals surface area contributed by atoms with Crippen molar-refractivity contribution in [3.8, 4) is 0 Å². The molecule has 2 saturated heterocycles. The molecule has 0 unspecified atom stereocenters. The summed E-state index contributed by atoms with van der Waals surface area (Å²) in [7, 11) is 0. The molecular formula is C21H31N3O3. The standard InChI is InChI=1S/C21H31N3O3/c1-2-27-21(26)24-15-13-23(14-16-24)20(25)19-9-7-18(8-10-19)17-22-11-5-3-4-6-12-22/h7-10H,2-6,11-17H2,1H3. The molecule has 0 aliphatic carbocycles. The van der Waals surface area contributed by atoms with Gasteiger partial charge in [0.1, 0.15) is 0 Å². The fourth-order valence-electron chi connectivity index (χ4n) is 3.79. The normalized spacial score (nSPS) is 18.9. The molecule has 27 heavy (non-hydrogen) atoms. The number of hydrogen-bond donors (Lipinski definition) is 0. The number of carbonyl (C=O) groups is 2. The maximum atomic E-state index is 12.7. The second-order valence-corrected chi connectivity index (χ2v) is 7.37. The maximum Gasteiger partial charge on any atom is 0.409 e. The molecule has 0 aromatic heterocycles. The van der Waals surface area contributed by atoms with Crippen molar-refractivity contribution < 1.29 is 14.3 Å². The Labute approximate surface area is 162 Å². The Morgan fingerprint density at radius 2 is 1.44 bits per heavy atom. The largest absolute Gasteiger partial charge is 0.450 e. The molecule has 2 aliphatic heterocycles. The van der Waals surface area contributed by atoms with E-state index in [0.29, 0.717) is 32.8 Å². The van der Waals surface area contributed by atoms with Crippen molar-refractivity contribution in [2.24, 2.45) is 0 Å². The molecule has 0 atom stereocenters. The van der Waals surface area contributed by atoms with Gasteiger partial charge in [0.05, 0.1) is 6.61 Å². The van der Waals surface area contributed by atoms with Crippen LogP contribution in [0.5, 0.6) is 0 Å². The highest BCUT2D eigenvalue weighted by Gasteiger charge is 2.25. The molecule has 0 N–H and O–H groups in total. The molecule has 6 heteroatoms. The second kappa shape index (κ2) is 9.74. The molecule has 0 saturated carbocycles. The molecule has 2 fully saturated rings. The molecule has 1 aromatic carbocycles. The first-order chi connectivity index (χ1) is 13.2. The highest BCUT2D eigenvalue weighted by Crippen LogP contribution is 2.15. The molecule has 148 valence electrons. The maximum absolute atomic E-state index is 12.7. The lowest BCUT2D eigenvalue weighted by Crippen LogP contribution is -2.50. The number of carbonyl (C=O) groups excluding carboxylic acids is 2. The number of likely N-dealkylation sites (tertiary alicyclic amines) is 1. The van der Waals surface area contributed by atoms with Crippen molar-refractivity contribution >= 4 is 12.0 Å². The van der Waals surface area contributed by atoms with Crippen LogP contribution in [0.4, 0.5) is 4.79 Å². The summed E-state index contributed by atoms with van der Waals surface area (Å²) in [5.74, 6) is 0.0415. The van der Waals surface area contributed by atoms with Crippen molar-refractivity contribution in [3.63, 3.8) is 0 Å². The summed E-state index contributed by atoms with van der Waals surface area (Å²) < 4.78 is 5.02. The fraction of sp³-hybridized carbons (Fsp3) is 0.619. The smallest absolute Gasteiger partial charge is 0.409 e. The first-order valence-corrected chi connectivity index (χ1v) is 10.2. The summed E-state index contributed by atoms with van der Waals surface area (Å²) in [4.78, 5) is 30.5. The van der Waals surface area contributed by atoms with E-state index < -0.39 is 0 Å². The number of benzene rings is 1. The highest BCUT2D eigenvalue weighted by atomic mass is 16.6. The molecular weight excluding hydrogens is 342 g/mol. The van der Waals surface area contributed by atoms with Gasteiger partial charge < -0.3 is 14.5 Å². The van der Waals surface area contributed by atoms with Crippen LogP contribution in [0.3, 0.4) is 0 Å². The molecule has 1 aromatic rings. The molecule has 2 amide bonds. The van der Waals surface area contributed by atoms with Gasteiger partial charge >= 0.3 is 6.09 Å². The molecule has 0 bridgehead atoms. The number of rotatable bonds is 4. The minimum atomic E-state index is -0.289. The van der Waals surface area contributed by atoms with E-state index in [9.17, 15) is 9.59 Å². The summed E-state index contributed by atoms with van der Waals surface area (Å²) in [5, 5.41) is 0. The molecule has 2 heterocycles. The number of hydrogen-bond acceptors (Lipinski definition) is 4. The average Bonchev–Trinajstić information content (AvgIpc) is 2.97. The van der Waals surface area contributed by atoms with E-state index in [4.69, 9.17) is 4.74 Å². The first-order valence-electron chi connectivity index (χ1n) is 10.2. The van der Waals surface area contributed by atoms with Crippen LogP contribution in [0.25, 0.3) is 0 Å². The molecule has 0 spiro atoms. The highest BCUT2D eigenvalue weighted by molar-refractivity contribution is 5.94. The van der Waals surface area contributed by atoms with Crippen molar-refractivity contribution in [2.75, 3.05) is 45.9 Å². The van der Waals surface area contributed by atoms with Crippen LogP contribution in [-0.2, 0) is 11.3 Å². The summed E-state index contributed by atoms with van der Waals surface area (Å²) >= 11 is 0. The quantitative estimate of drug-likeness (QED) is 0.814. The third-order valence-corrected chi connectivity index (χ3v) is 5.40. The van der Waals surface area contributed by atoms with Crippen molar-refractivity contribution in [3.05, 3.63) is 35.4 Å². The van der Waals surface area contributed by atoms with Crippen LogP contribution >= 0.6 is 0 Å². The van der Waals surface area contributed by atoms with Gasteiger partial charge in [-0.3, -0.25) is 9.69 Å². The van der Waals surface area contributed by atoms with Gasteiger partial charge in [-0.1, -0.05) is 25.0 Å². The average molecular weight is 373 g/mol. The molecule has 3 rings (SSSR count). The Balaban J connectivity index is 1.51. The van der Waals surface area contributed by atoms with Gasteiger partial charge in [-0.25, -0.2) is 4.79 Å². The van der Waals surface area contributed by atoms with Gasteiger partial charge in [-0.2, -0.15) is 0 Å². The fourth-order valence-corrected chi connectivity index (χ4v) is 3.79. The van der Waals surface area contributed by atoms with Gasteiger partial charge in [-0.15, -0.1) is 0 Å². The molecule has 2 aliphatic rings. The summed E-state index contributed by atoms with van der Waals surface area (Å²) in [6, 6.07) is 8.03. The zero-order chi connectivity index (χ0) is 19.1. The minimum Gasteiger partial charge on any atom is -0.450 e. The van der Waals surface area contributed by atoms with E-state index in [-0.39, 0.29) is 12.0 Å². The minimum absolute atomic E-state index is 0.0415. The zero-order valence-electron chi connectivity index (χ0n) is 16.4. The number of ether oxygens (including phenoxy) is 1. The van der Waals surface area contributed by atoms with Crippen LogP contribution in [0.1, 0.15) is 48.5 Å². The second-order valence-electron chi connectivity index (χ2n) is 7.37. The SMILES string of the molecule is CCOC(=O)N1CCN(C(=O)c2ccc(CN3CCCCCC3)cc2)CC1. The number of amides is 2. The Hall–Kier alpha value is -2.08. The van der Waals surface area contributed by atoms with E-state index in [2.05, 4.69) is 17.0 Å². The van der Waals surface area contributed by atoms with Gasteiger partial charge in [0.15, 0.2) is 0 Å². The van der Waals surface area contributed by atoms with E-state index in [1.165, 1.54) is 44.3 Å². The summed E-state index contributed by atoms with van der Waals surface area (Å²) in [6.07, 6.45) is 4.96. The van der Waals surface area contributed by atoms with E-state index in [1.54, 1.807) is 11.8 Å². The van der Waals surface area contributed by atoms with Gasteiger partial charge in [0, 0.05) is 38.3 Å². The topological polar surface area (TPSA) is 53.1 Å². The van der Waals surface area contributed by atoms with Gasteiger partial charge in [-0.05, 0) is 50.6 Å².